The molecule has 0 bridgehead atoms. The Morgan fingerprint density at radius 1 is 1.38 bits per heavy atom. The van der Waals surface area contributed by atoms with Crippen molar-refractivity contribution in [3.05, 3.63) is 57.1 Å². The van der Waals surface area contributed by atoms with Crippen LogP contribution >= 0.6 is 23.4 Å². The molecule has 3 aromatic rings. The predicted octanol–water partition coefficient (Wildman–Crippen LogP) is 2.98. The van der Waals surface area contributed by atoms with E-state index in [-0.39, 0.29) is 11.3 Å². The van der Waals surface area contributed by atoms with Gasteiger partial charge in [0.2, 0.25) is 5.95 Å². The molecule has 168 valence electrons. The van der Waals surface area contributed by atoms with Crippen LogP contribution in [0.5, 0.6) is 5.75 Å². The van der Waals surface area contributed by atoms with Gasteiger partial charge in [0.15, 0.2) is 12.4 Å². The molecule has 4 rings (SSSR count). The fraction of sp³-hybridized carbons (Fsp3) is 0.364. The Morgan fingerprint density at radius 2 is 2.19 bits per heavy atom. The number of carboxylic acids is 1. The zero-order valence-corrected chi connectivity index (χ0v) is 19.3. The third-order valence-corrected chi connectivity index (χ3v) is 6.76. The highest BCUT2D eigenvalue weighted by molar-refractivity contribution is 8.00. The molecule has 0 radical (unpaired) electrons. The van der Waals surface area contributed by atoms with Gasteiger partial charge >= 0.3 is 5.97 Å². The summed E-state index contributed by atoms with van der Waals surface area (Å²) >= 11 is 8.35. The van der Waals surface area contributed by atoms with Crippen molar-refractivity contribution in [2.75, 3.05) is 30.3 Å². The molecule has 0 saturated carbocycles. The summed E-state index contributed by atoms with van der Waals surface area (Å²) in [5.74, 6) is 0.581. The maximum atomic E-state index is 12.4. The number of carbonyl (C=O) groups is 1. The van der Waals surface area contributed by atoms with Crippen LogP contribution < -0.4 is 15.2 Å². The molecule has 0 spiro atoms. The molecule has 1 aromatic carbocycles. The van der Waals surface area contributed by atoms with E-state index in [1.807, 2.05) is 30.0 Å². The average Bonchev–Trinajstić information content (AvgIpc) is 2.76. The minimum atomic E-state index is -1.14. The lowest BCUT2D eigenvalue weighted by atomic mass is 10.1. The van der Waals surface area contributed by atoms with Crippen molar-refractivity contribution in [2.24, 2.45) is 7.05 Å². The molecule has 2 aromatic heterocycles. The Labute approximate surface area is 194 Å². The molecule has 0 amide bonds. The van der Waals surface area contributed by atoms with Gasteiger partial charge in [-0.2, -0.15) is 11.8 Å². The second-order valence-electron chi connectivity index (χ2n) is 7.72. The number of nitrogens with zero attached hydrogens (tertiary/aromatic N) is 4. The Kier molecular flexibility index (Phi) is 6.57. The van der Waals surface area contributed by atoms with Crippen LogP contribution in [0.25, 0.3) is 10.9 Å². The van der Waals surface area contributed by atoms with Crippen molar-refractivity contribution in [3.63, 3.8) is 0 Å². The van der Waals surface area contributed by atoms with E-state index in [0.29, 0.717) is 22.6 Å². The Hall–Kier alpha value is -2.78. The normalized spacial score (nSPS) is 16.3. The number of aryl methyl sites for hydroxylation is 1. The Morgan fingerprint density at radius 3 is 2.94 bits per heavy atom. The summed E-state index contributed by atoms with van der Waals surface area (Å²) in [5, 5.41) is 10.6. The summed E-state index contributed by atoms with van der Waals surface area (Å²) in [6.45, 7) is 3.42. The number of rotatable bonds is 6. The summed E-state index contributed by atoms with van der Waals surface area (Å²) in [5.41, 5.74) is 2.02. The van der Waals surface area contributed by atoms with Crippen LogP contribution in [0.3, 0.4) is 0 Å². The van der Waals surface area contributed by atoms with Gasteiger partial charge in [0.05, 0.1) is 22.4 Å². The maximum absolute atomic E-state index is 12.4. The first kappa shape index (κ1) is 22.4. The van der Waals surface area contributed by atoms with Gasteiger partial charge in [-0.25, -0.2) is 14.8 Å². The van der Waals surface area contributed by atoms with Gasteiger partial charge in [-0.05, 0) is 23.8 Å². The van der Waals surface area contributed by atoms with E-state index in [2.05, 4.69) is 16.8 Å². The van der Waals surface area contributed by atoms with Crippen LogP contribution in [0.4, 0.5) is 5.95 Å². The van der Waals surface area contributed by atoms with Gasteiger partial charge in [0.25, 0.3) is 5.56 Å². The summed E-state index contributed by atoms with van der Waals surface area (Å²) < 4.78 is 6.62. The summed E-state index contributed by atoms with van der Waals surface area (Å²) in [6.07, 6.45) is 2.14. The van der Waals surface area contributed by atoms with E-state index in [0.717, 1.165) is 41.0 Å². The second-order valence-corrected chi connectivity index (χ2v) is 9.67. The van der Waals surface area contributed by atoms with E-state index >= 15 is 0 Å². The molecule has 1 aliphatic heterocycles. The number of aromatic nitrogens is 3. The monoisotopic (exact) mass is 474 g/mol. The number of hydrogen-bond donors (Lipinski definition) is 1. The fourth-order valence-corrected chi connectivity index (χ4v) is 4.89. The summed E-state index contributed by atoms with van der Waals surface area (Å²) in [4.78, 5) is 34.6. The minimum absolute atomic E-state index is 0.000932. The number of pyridine rings is 1. The fourth-order valence-electron chi connectivity index (χ4n) is 3.72. The summed E-state index contributed by atoms with van der Waals surface area (Å²) in [6, 6.07) is 7.29. The molecule has 1 saturated heterocycles. The molecule has 1 fully saturated rings. The van der Waals surface area contributed by atoms with Crippen molar-refractivity contribution >= 4 is 46.2 Å². The van der Waals surface area contributed by atoms with Crippen molar-refractivity contribution in [3.8, 4) is 5.75 Å². The molecule has 1 unspecified atom stereocenters. The number of aliphatic carboxylic acids is 1. The largest absolute Gasteiger partial charge is 0.479 e. The number of hydrogen-bond acceptors (Lipinski definition) is 7. The third-order valence-electron chi connectivity index (χ3n) is 5.31. The highest BCUT2D eigenvalue weighted by atomic mass is 35.5. The quantitative estimate of drug-likeness (QED) is 0.582. The maximum Gasteiger partial charge on any atom is 0.341 e. The number of thioether (sulfide) groups is 1. The van der Waals surface area contributed by atoms with Crippen molar-refractivity contribution < 1.29 is 14.6 Å². The van der Waals surface area contributed by atoms with E-state index in [1.165, 1.54) is 4.57 Å². The molecule has 32 heavy (non-hydrogen) atoms. The first-order valence-electron chi connectivity index (χ1n) is 10.2. The lowest BCUT2D eigenvalue weighted by Crippen LogP contribution is -2.37. The molecule has 1 aliphatic rings. The van der Waals surface area contributed by atoms with Crippen LogP contribution in [0, 0.1) is 0 Å². The first-order valence-corrected chi connectivity index (χ1v) is 11.6. The van der Waals surface area contributed by atoms with Gasteiger partial charge in [0.1, 0.15) is 0 Å². The van der Waals surface area contributed by atoms with Crippen LogP contribution in [0.1, 0.15) is 18.2 Å². The van der Waals surface area contributed by atoms with E-state index < -0.39 is 12.6 Å². The zero-order valence-electron chi connectivity index (χ0n) is 17.7. The smallest absolute Gasteiger partial charge is 0.341 e. The molecule has 1 N–H and O–H groups in total. The van der Waals surface area contributed by atoms with Crippen molar-refractivity contribution in [1.82, 2.24) is 14.5 Å². The standard InChI is InChI=1S/C22H23ClN4O4S/c1-13-11-27(5-6-32-13)22-24-10-16(23)17(25-22)8-14-3-4-18-15(7-14)9-19(21(30)26(18)2)31-12-20(28)29/h3-4,7,9-10,13H,5-6,8,11-12H2,1-2H3,(H,28,29). The lowest BCUT2D eigenvalue weighted by Gasteiger charge is -2.30. The number of carboxylic acid groups (broad SMARTS) is 1. The number of fused-ring (bicyclic) bond motifs is 1. The van der Waals surface area contributed by atoms with E-state index in [1.54, 1.807) is 19.3 Å². The molecular formula is C22H23ClN4O4S. The Bertz CT molecular complexity index is 1230. The van der Waals surface area contributed by atoms with Gasteiger partial charge in [-0.15, -0.1) is 0 Å². The third kappa shape index (κ3) is 4.83. The van der Waals surface area contributed by atoms with Crippen LogP contribution in [-0.4, -0.2) is 56.3 Å². The van der Waals surface area contributed by atoms with Gasteiger partial charge < -0.3 is 19.3 Å². The first-order chi connectivity index (χ1) is 15.3. The van der Waals surface area contributed by atoms with Crippen LogP contribution in [-0.2, 0) is 18.3 Å². The van der Waals surface area contributed by atoms with E-state index in [9.17, 15) is 9.59 Å². The highest BCUT2D eigenvalue weighted by Gasteiger charge is 2.20. The number of ether oxygens (including phenoxy) is 1. The number of benzene rings is 1. The topological polar surface area (TPSA) is 97.6 Å². The van der Waals surface area contributed by atoms with Gasteiger partial charge in [-0.3, -0.25) is 4.79 Å². The average molecular weight is 475 g/mol. The van der Waals surface area contributed by atoms with Gasteiger partial charge in [-0.1, -0.05) is 24.6 Å². The number of anilines is 1. The SMILES string of the molecule is CC1CN(c2ncc(Cl)c(Cc3ccc4c(c3)cc(OCC(=O)O)c(=O)n4C)n2)CCS1. The molecule has 10 heteroatoms. The molecule has 1 atom stereocenters. The second kappa shape index (κ2) is 9.38. The zero-order chi connectivity index (χ0) is 22.8. The minimum Gasteiger partial charge on any atom is -0.479 e. The predicted molar refractivity (Wildman–Crippen MR) is 126 cm³/mol. The lowest BCUT2D eigenvalue weighted by molar-refractivity contribution is -0.139. The highest BCUT2D eigenvalue weighted by Crippen LogP contribution is 2.25. The number of halogens is 1. The van der Waals surface area contributed by atoms with Gasteiger partial charge in [0, 0.05) is 42.9 Å². The van der Waals surface area contributed by atoms with Crippen molar-refractivity contribution in [2.45, 2.75) is 18.6 Å². The summed E-state index contributed by atoms with van der Waals surface area (Å²) in [7, 11) is 1.63. The van der Waals surface area contributed by atoms with Crippen molar-refractivity contribution in [1.29, 1.82) is 0 Å². The Balaban J connectivity index is 1.64. The molecule has 8 nitrogen and oxygen atoms in total. The van der Waals surface area contributed by atoms with Crippen LogP contribution in [0.2, 0.25) is 5.02 Å². The molecule has 3 heterocycles. The van der Waals surface area contributed by atoms with E-state index in [4.69, 9.17) is 26.4 Å². The molecular weight excluding hydrogens is 452 g/mol. The molecule has 0 aliphatic carbocycles. The van der Waals surface area contributed by atoms with Crippen LogP contribution in [0.15, 0.2) is 35.3 Å².